The number of carboxylic acids is 1. The third-order valence-corrected chi connectivity index (χ3v) is 6.20. The van der Waals surface area contributed by atoms with Gasteiger partial charge < -0.3 is 5.11 Å². The summed E-state index contributed by atoms with van der Waals surface area (Å²) in [5.74, 6) is 1.36. The summed E-state index contributed by atoms with van der Waals surface area (Å²) in [6.07, 6.45) is 11.9. The normalized spacial score (nSPS) is 31.5. The van der Waals surface area contributed by atoms with Crippen LogP contribution in [-0.4, -0.2) is 11.1 Å². The average molecular weight is 304 g/mol. The van der Waals surface area contributed by atoms with Gasteiger partial charge in [0.1, 0.15) is 0 Å². The lowest BCUT2D eigenvalue weighted by atomic mass is 9.56. The second-order valence-corrected chi connectivity index (χ2v) is 7.91. The summed E-state index contributed by atoms with van der Waals surface area (Å²) in [4.78, 5) is 10.7. The molecule has 0 aromatic rings. The van der Waals surface area contributed by atoms with Crippen LogP contribution in [0.25, 0.3) is 0 Å². The minimum atomic E-state index is -0.662. The quantitative estimate of drug-likeness (QED) is 0.649. The number of allylic oxidation sites excluding steroid dienone is 4. The van der Waals surface area contributed by atoms with Crippen molar-refractivity contribution in [3.63, 3.8) is 0 Å². The topological polar surface area (TPSA) is 37.3 Å². The van der Waals surface area contributed by atoms with Gasteiger partial charge in [0.2, 0.25) is 0 Å². The van der Waals surface area contributed by atoms with Crippen molar-refractivity contribution in [2.75, 3.05) is 0 Å². The molecular weight excluding hydrogens is 272 g/mol. The van der Waals surface area contributed by atoms with Crippen molar-refractivity contribution in [1.29, 1.82) is 0 Å². The van der Waals surface area contributed by atoms with Gasteiger partial charge in [-0.2, -0.15) is 0 Å². The summed E-state index contributed by atoms with van der Waals surface area (Å²) in [5.41, 5.74) is 3.50. The van der Waals surface area contributed by atoms with E-state index in [1.807, 2.05) is 0 Å². The maximum absolute atomic E-state index is 10.7. The maximum atomic E-state index is 10.7. The number of carboxylic acid groups (broad SMARTS) is 1. The molecule has 0 heterocycles. The first-order valence-corrected chi connectivity index (χ1v) is 8.97. The Balaban J connectivity index is 2.08. The molecule has 0 saturated heterocycles. The van der Waals surface area contributed by atoms with Crippen molar-refractivity contribution in [2.24, 2.45) is 23.2 Å². The van der Waals surface area contributed by atoms with E-state index in [0.717, 1.165) is 19.3 Å². The smallest absolute Gasteiger partial charge is 0.303 e. The molecule has 22 heavy (non-hydrogen) atoms. The Morgan fingerprint density at radius 2 is 2.14 bits per heavy atom. The zero-order valence-electron chi connectivity index (χ0n) is 14.7. The van der Waals surface area contributed by atoms with Gasteiger partial charge in [0, 0.05) is 6.42 Å². The largest absolute Gasteiger partial charge is 0.481 e. The SMILES string of the molecule is CC(C)C1=CC2=CCC(C)[C@](C)(CCCCC(=O)O)C2CC1. The number of aliphatic carboxylic acids is 1. The number of fused-ring (bicyclic) bond motifs is 1. The molecule has 0 radical (unpaired) electrons. The minimum absolute atomic E-state index is 0.315. The Kier molecular flexibility index (Phi) is 5.52. The predicted molar refractivity (Wildman–Crippen MR) is 91.7 cm³/mol. The second-order valence-electron chi connectivity index (χ2n) is 7.91. The van der Waals surface area contributed by atoms with E-state index in [-0.39, 0.29) is 0 Å². The van der Waals surface area contributed by atoms with E-state index in [4.69, 9.17) is 5.11 Å². The van der Waals surface area contributed by atoms with Crippen LogP contribution in [-0.2, 0) is 4.79 Å². The molecule has 2 unspecified atom stereocenters. The van der Waals surface area contributed by atoms with E-state index in [1.54, 1.807) is 11.1 Å². The van der Waals surface area contributed by atoms with Gasteiger partial charge in [0.25, 0.3) is 0 Å². The van der Waals surface area contributed by atoms with Crippen LogP contribution in [0.15, 0.2) is 23.3 Å². The summed E-state index contributed by atoms with van der Waals surface area (Å²) in [7, 11) is 0. The molecule has 0 aromatic heterocycles. The summed E-state index contributed by atoms with van der Waals surface area (Å²) in [6, 6.07) is 0. The first-order valence-electron chi connectivity index (χ1n) is 8.97. The lowest BCUT2D eigenvalue weighted by Crippen LogP contribution is -2.39. The highest BCUT2D eigenvalue weighted by atomic mass is 16.4. The molecular formula is C20H32O2. The van der Waals surface area contributed by atoms with Crippen LogP contribution < -0.4 is 0 Å². The van der Waals surface area contributed by atoms with E-state index in [1.165, 1.54) is 19.3 Å². The fourth-order valence-corrected chi connectivity index (χ4v) is 4.36. The molecule has 1 N–H and O–H groups in total. The molecule has 2 heteroatoms. The van der Waals surface area contributed by atoms with Crippen LogP contribution in [0.5, 0.6) is 0 Å². The number of carbonyl (C=O) groups is 1. The molecule has 0 spiro atoms. The van der Waals surface area contributed by atoms with Gasteiger partial charge in [-0.15, -0.1) is 0 Å². The highest BCUT2D eigenvalue weighted by molar-refractivity contribution is 5.66. The van der Waals surface area contributed by atoms with Crippen molar-refractivity contribution < 1.29 is 9.90 Å². The van der Waals surface area contributed by atoms with Crippen molar-refractivity contribution >= 4 is 5.97 Å². The van der Waals surface area contributed by atoms with Crippen LogP contribution >= 0.6 is 0 Å². The van der Waals surface area contributed by atoms with Crippen molar-refractivity contribution in [1.82, 2.24) is 0 Å². The van der Waals surface area contributed by atoms with Crippen LogP contribution in [0.3, 0.4) is 0 Å². The van der Waals surface area contributed by atoms with E-state index in [0.29, 0.717) is 29.6 Å². The molecule has 2 nitrogen and oxygen atoms in total. The number of hydrogen-bond donors (Lipinski definition) is 1. The summed E-state index contributed by atoms with van der Waals surface area (Å²) < 4.78 is 0. The molecule has 0 fully saturated rings. The van der Waals surface area contributed by atoms with Gasteiger partial charge in [-0.1, -0.05) is 51.8 Å². The zero-order valence-corrected chi connectivity index (χ0v) is 14.7. The molecule has 3 atom stereocenters. The molecule has 0 bridgehead atoms. The lowest BCUT2D eigenvalue weighted by molar-refractivity contribution is -0.137. The summed E-state index contributed by atoms with van der Waals surface area (Å²) >= 11 is 0. The van der Waals surface area contributed by atoms with Crippen LogP contribution in [0, 0.1) is 23.2 Å². The van der Waals surface area contributed by atoms with Gasteiger partial charge in [0.15, 0.2) is 0 Å². The molecule has 2 rings (SSSR count). The Bertz CT molecular complexity index is 472. The fraction of sp³-hybridized carbons (Fsp3) is 0.750. The van der Waals surface area contributed by atoms with Crippen LogP contribution in [0.2, 0.25) is 0 Å². The van der Waals surface area contributed by atoms with E-state index in [9.17, 15) is 4.79 Å². The number of hydrogen-bond acceptors (Lipinski definition) is 1. The van der Waals surface area contributed by atoms with E-state index in [2.05, 4.69) is 39.8 Å². The highest BCUT2D eigenvalue weighted by Crippen LogP contribution is 2.53. The van der Waals surface area contributed by atoms with Crippen molar-refractivity contribution in [2.45, 2.75) is 72.6 Å². The molecule has 0 aliphatic heterocycles. The van der Waals surface area contributed by atoms with Crippen molar-refractivity contribution in [3.05, 3.63) is 23.3 Å². The third-order valence-electron chi connectivity index (χ3n) is 6.20. The first-order chi connectivity index (χ1) is 10.3. The maximum Gasteiger partial charge on any atom is 0.303 e. The fourth-order valence-electron chi connectivity index (χ4n) is 4.36. The van der Waals surface area contributed by atoms with Gasteiger partial charge in [-0.3, -0.25) is 4.79 Å². The first kappa shape index (κ1) is 17.3. The Hall–Kier alpha value is -1.05. The molecule has 2 aliphatic rings. The summed E-state index contributed by atoms with van der Waals surface area (Å²) in [6.45, 7) is 9.42. The average Bonchev–Trinajstić information content (AvgIpc) is 2.47. The van der Waals surface area contributed by atoms with Crippen LogP contribution in [0.1, 0.15) is 72.6 Å². The molecule has 0 saturated carbocycles. The number of unbranched alkanes of at least 4 members (excludes halogenated alkanes) is 1. The molecule has 2 aliphatic carbocycles. The molecule has 0 aromatic carbocycles. The predicted octanol–water partition coefficient (Wildman–Crippen LogP) is 5.60. The van der Waals surface area contributed by atoms with Gasteiger partial charge >= 0.3 is 5.97 Å². The Morgan fingerprint density at radius 1 is 1.41 bits per heavy atom. The van der Waals surface area contributed by atoms with E-state index < -0.39 is 5.97 Å². The zero-order chi connectivity index (χ0) is 16.3. The standard InChI is InChI=1S/C20H32O2/c1-14(2)16-10-11-18-17(13-16)9-8-15(3)20(18,4)12-6-5-7-19(21)22/h9,13-15,18H,5-8,10-12H2,1-4H3,(H,21,22)/t15?,18?,20-/m0/s1. The Morgan fingerprint density at radius 3 is 2.77 bits per heavy atom. The second kappa shape index (κ2) is 7.02. The minimum Gasteiger partial charge on any atom is -0.481 e. The van der Waals surface area contributed by atoms with Gasteiger partial charge in [0.05, 0.1) is 0 Å². The highest BCUT2D eigenvalue weighted by Gasteiger charge is 2.43. The lowest BCUT2D eigenvalue weighted by Gasteiger charge is -2.48. The van der Waals surface area contributed by atoms with Crippen molar-refractivity contribution in [3.8, 4) is 0 Å². The Labute approximate surface area is 135 Å². The summed E-state index contributed by atoms with van der Waals surface area (Å²) in [5, 5.41) is 8.82. The third kappa shape index (κ3) is 3.64. The monoisotopic (exact) mass is 304 g/mol. The van der Waals surface area contributed by atoms with Crippen LogP contribution in [0.4, 0.5) is 0 Å². The molecule has 0 amide bonds. The number of rotatable bonds is 6. The van der Waals surface area contributed by atoms with E-state index >= 15 is 0 Å². The van der Waals surface area contributed by atoms with Gasteiger partial charge in [-0.25, -0.2) is 0 Å². The van der Waals surface area contributed by atoms with Gasteiger partial charge in [-0.05, 0) is 60.8 Å². The molecule has 124 valence electrons.